The fourth-order valence-electron chi connectivity index (χ4n) is 2.87. The van der Waals surface area contributed by atoms with Crippen molar-refractivity contribution in [3.63, 3.8) is 0 Å². The van der Waals surface area contributed by atoms with Gasteiger partial charge >= 0.3 is 0 Å². The van der Waals surface area contributed by atoms with Crippen molar-refractivity contribution in [2.45, 2.75) is 32.7 Å². The molecule has 4 heteroatoms. The number of carbonyl (C=O) groups excluding carboxylic acids is 1. The van der Waals surface area contributed by atoms with Crippen LogP contribution in [0, 0.1) is 12.8 Å². The van der Waals surface area contributed by atoms with Gasteiger partial charge in [-0.3, -0.25) is 4.79 Å². The maximum atomic E-state index is 13.2. The lowest BCUT2D eigenvalue weighted by molar-refractivity contribution is 0.0975. The van der Waals surface area contributed by atoms with E-state index < -0.39 is 0 Å². The van der Waals surface area contributed by atoms with Gasteiger partial charge in [0.05, 0.1) is 10.6 Å². The van der Waals surface area contributed by atoms with E-state index in [0.717, 1.165) is 11.3 Å². The van der Waals surface area contributed by atoms with E-state index >= 15 is 0 Å². The van der Waals surface area contributed by atoms with Gasteiger partial charge in [-0.25, -0.2) is 0 Å². The molecule has 1 amide bonds. The summed E-state index contributed by atoms with van der Waals surface area (Å²) in [5.41, 5.74) is 2.26. The van der Waals surface area contributed by atoms with Crippen LogP contribution in [0.1, 0.15) is 35.7 Å². The molecule has 0 aliphatic heterocycles. The van der Waals surface area contributed by atoms with E-state index in [1.54, 1.807) is 12.1 Å². The first-order valence-corrected chi connectivity index (χ1v) is 8.59. The minimum absolute atomic E-state index is 0.0691. The van der Waals surface area contributed by atoms with Crippen molar-refractivity contribution in [1.82, 2.24) is 0 Å². The highest BCUT2D eigenvalue weighted by Gasteiger charge is 2.36. The van der Waals surface area contributed by atoms with Gasteiger partial charge in [0.25, 0.3) is 5.91 Å². The summed E-state index contributed by atoms with van der Waals surface area (Å²) in [7, 11) is 0. The van der Waals surface area contributed by atoms with Gasteiger partial charge in [-0.05, 0) is 62.4 Å². The van der Waals surface area contributed by atoms with Crippen LogP contribution >= 0.6 is 23.2 Å². The Morgan fingerprint density at radius 2 is 1.78 bits per heavy atom. The van der Waals surface area contributed by atoms with Crippen molar-refractivity contribution < 1.29 is 4.79 Å². The first kappa shape index (κ1) is 16.4. The second-order valence-corrected chi connectivity index (χ2v) is 6.98. The van der Waals surface area contributed by atoms with E-state index in [1.165, 1.54) is 12.8 Å². The normalized spacial score (nSPS) is 15.3. The Kier molecular flexibility index (Phi) is 4.65. The molecular formula is C19H19Cl2NO. The minimum atomic E-state index is -0.0691. The number of hydrogen-bond donors (Lipinski definition) is 0. The van der Waals surface area contributed by atoms with Crippen LogP contribution in [0.3, 0.4) is 0 Å². The number of carbonyl (C=O) groups is 1. The molecule has 2 aromatic carbocycles. The lowest BCUT2D eigenvalue weighted by atomic mass is 10.1. The molecular weight excluding hydrogens is 329 g/mol. The highest BCUT2D eigenvalue weighted by atomic mass is 35.5. The van der Waals surface area contributed by atoms with Crippen LogP contribution in [0.15, 0.2) is 42.5 Å². The second kappa shape index (κ2) is 6.54. The molecule has 0 radical (unpaired) electrons. The van der Waals surface area contributed by atoms with E-state index in [0.29, 0.717) is 21.5 Å². The molecule has 3 rings (SSSR count). The average molecular weight is 348 g/mol. The lowest BCUT2D eigenvalue weighted by Crippen LogP contribution is -2.40. The molecule has 120 valence electrons. The molecule has 0 aromatic heterocycles. The summed E-state index contributed by atoms with van der Waals surface area (Å²) in [6.07, 6.45) is 2.34. The van der Waals surface area contributed by atoms with Crippen molar-refractivity contribution in [1.29, 1.82) is 0 Å². The molecule has 0 saturated heterocycles. The number of aryl methyl sites for hydroxylation is 1. The number of nitrogens with zero attached hydrogens (tertiary/aromatic N) is 1. The number of anilines is 1. The molecule has 1 fully saturated rings. The monoisotopic (exact) mass is 347 g/mol. The van der Waals surface area contributed by atoms with Gasteiger partial charge in [0.15, 0.2) is 0 Å². The van der Waals surface area contributed by atoms with Gasteiger partial charge in [-0.2, -0.15) is 0 Å². The summed E-state index contributed by atoms with van der Waals surface area (Å²) >= 11 is 12.4. The molecule has 0 bridgehead atoms. The molecule has 0 heterocycles. The summed E-state index contributed by atoms with van der Waals surface area (Å²) in [6.45, 7) is 3.99. The van der Waals surface area contributed by atoms with Crippen LogP contribution in [0.25, 0.3) is 0 Å². The van der Waals surface area contributed by atoms with Gasteiger partial charge in [0.2, 0.25) is 0 Å². The summed E-state index contributed by atoms with van der Waals surface area (Å²) < 4.78 is 0. The van der Waals surface area contributed by atoms with Crippen molar-refractivity contribution in [3.05, 3.63) is 63.6 Å². The molecule has 23 heavy (non-hydrogen) atoms. The topological polar surface area (TPSA) is 20.3 Å². The highest BCUT2D eigenvalue weighted by Crippen LogP contribution is 2.38. The Hall–Kier alpha value is -1.51. The Labute approximate surface area is 147 Å². The Morgan fingerprint density at radius 1 is 1.13 bits per heavy atom. The fraction of sp³-hybridized carbons (Fsp3) is 0.316. The number of para-hydroxylation sites is 1. The van der Waals surface area contributed by atoms with Crippen LogP contribution in [-0.2, 0) is 0 Å². The smallest absolute Gasteiger partial charge is 0.260 e. The molecule has 0 N–H and O–H groups in total. The molecule has 1 aliphatic carbocycles. The van der Waals surface area contributed by atoms with Crippen LogP contribution < -0.4 is 4.90 Å². The third-order valence-corrected chi connectivity index (χ3v) is 5.16. The van der Waals surface area contributed by atoms with E-state index in [9.17, 15) is 4.79 Å². The van der Waals surface area contributed by atoms with Crippen LogP contribution in [0.5, 0.6) is 0 Å². The second-order valence-electron chi connectivity index (χ2n) is 6.17. The summed E-state index contributed by atoms with van der Waals surface area (Å²) in [6, 6.07) is 13.4. The fourth-order valence-corrected chi connectivity index (χ4v) is 3.33. The number of halogens is 2. The van der Waals surface area contributed by atoms with Crippen LogP contribution in [-0.4, -0.2) is 11.9 Å². The summed E-state index contributed by atoms with van der Waals surface area (Å²) in [5, 5.41) is 0.975. The minimum Gasteiger partial charge on any atom is -0.305 e. The first-order chi connectivity index (χ1) is 11.0. The zero-order valence-corrected chi connectivity index (χ0v) is 14.7. The molecule has 1 atom stereocenters. The highest BCUT2D eigenvalue weighted by molar-refractivity contribution is 6.37. The van der Waals surface area contributed by atoms with E-state index in [2.05, 4.69) is 6.92 Å². The SMILES string of the molecule is Cc1cc(C(=O)N(c2ccccc2)[C@H](C)C2CC2)c(Cl)cc1Cl. The van der Waals surface area contributed by atoms with Gasteiger partial charge in [-0.1, -0.05) is 41.4 Å². The Bertz CT molecular complexity index is 726. The third kappa shape index (κ3) is 3.39. The molecule has 0 unspecified atom stereocenters. The van der Waals surface area contributed by atoms with Gasteiger partial charge in [0.1, 0.15) is 0 Å². The van der Waals surface area contributed by atoms with Crippen molar-refractivity contribution in [3.8, 4) is 0 Å². The van der Waals surface area contributed by atoms with E-state index in [-0.39, 0.29) is 11.9 Å². The molecule has 2 nitrogen and oxygen atoms in total. The van der Waals surface area contributed by atoms with Crippen molar-refractivity contribution >= 4 is 34.8 Å². The van der Waals surface area contributed by atoms with Gasteiger partial charge in [0, 0.05) is 16.8 Å². The largest absolute Gasteiger partial charge is 0.305 e. The Morgan fingerprint density at radius 3 is 2.39 bits per heavy atom. The third-order valence-electron chi connectivity index (χ3n) is 4.44. The van der Waals surface area contributed by atoms with Gasteiger partial charge < -0.3 is 4.90 Å². The number of rotatable bonds is 4. The van der Waals surface area contributed by atoms with Crippen LogP contribution in [0.4, 0.5) is 5.69 Å². The number of hydrogen-bond acceptors (Lipinski definition) is 1. The maximum absolute atomic E-state index is 13.2. The predicted octanol–water partition coefficient (Wildman–Crippen LogP) is 5.75. The quantitative estimate of drug-likeness (QED) is 0.689. The van der Waals surface area contributed by atoms with Gasteiger partial charge in [-0.15, -0.1) is 0 Å². The van der Waals surface area contributed by atoms with Crippen molar-refractivity contribution in [2.24, 2.45) is 5.92 Å². The molecule has 0 spiro atoms. The standard InChI is InChI=1S/C19H19Cl2NO/c1-12-10-16(18(21)11-17(12)20)19(23)22(13(2)14-8-9-14)15-6-4-3-5-7-15/h3-7,10-11,13-14H,8-9H2,1-2H3/t13-/m1/s1. The lowest BCUT2D eigenvalue weighted by Gasteiger charge is -2.30. The van der Waals surface area contributed by atoms with E-state index in [4.69, 9.17) is 23.2 Å². The summed E-state index contributed by atoms with van der Waals surface area (Å²) in [5.74, 6) is 0.492. The first-order valence-electron chi connectivity index (χ1n) is 7.83. The van der Waals surface area contributed by atoms with E-state index in [1.807, 2.05) is 42.2 Å². The maximum Gasteiger partial charge on any atom is 0.260 e. The zero-order valence-electron chi connectivity index (χ0n) is 13.2. The zero-order chi connectivity index (χ0) is 16.6. The molecule has 1 aliphatic rings. The van der Waals surface area contributed by atoms with Crippen molar-refractivity contribution in [2.75, 3.05) is 4.90 Å². The average Bonchev–Trinajstić information content (AvgIpc) is 3.37. The predicted molar refractivity (Wildman–Crippen MR) is 96.6 cm³/mol. The van der Waals surface area contributed by atoms with Crippen LogP contribution in [0.2, 0.25) is 10.0 Å². The molecule has 1 saturated carbocycles. The Balaban J connectivity index is 2.03. The summed E-state index contributed by atoms with van der Waals surface area (Å²) in [4.78, 5) is 15.1. The molecule has 2 aromatic rings. The number of benzene rings is 2. The number of amides is 1.